The Hall–Kier alpha value is -7.18. The van der Waals surface area contributed by atoms with Gasteiger partial charge in [-0.2, -0.15) is 8.42 Å². The van der Waals surface area contributed by atoms with E-state index in [4.69, 9.17) is 24.1 Å². The van der Waals surface area contributed by atoms with E-state index in [0.29, 0.717) is 32.5 Å². The number of hydrogen-bond acceptors (Lipinski definition) is 13. The van der Waals surface area contributed by atoms with Gasteiger partial charge in [-0.1, -0.05) is 101 Å². The van der Waals surface area contributed by atoms with Crippen LogP contribution in [0.4, 0.5) is 16.2 Å². The molecule has 0 radical (unpaired) electrons. The number of carboxylic acid groups (broad SMARTS) is 3. The van der Waals surface area contributed by atoms with E-state index in [2.05, 4.69) is 133 Å². The van der Waals surface area contributed by atoms with Crippen molar-refractivity contribution in [3.8, 4) is 5.75 Å². The molecule has 3 aromatic carbocycles. The summed E-state index contributed by atoms with van der Waals surface area (Å²) in [4.78, 5) is 60.5. The monoisotopic (exact) mass is 1180 g/mol. The molecule has 0 spiro atoms. The van der Waals surface area contributed by atoms with Gasteiger partial charge in [-0.05, 0) is 116 Å². The lowest BCUT2D eigenvalue weighted by molar-refractivity contribution is -0.568. The summed E-state index contributed by atoms with van der Waals surface area (Å²) in [6.45, 7) is 18.0. The zero-order valence-electron chi connectivity index (χ0n) is 48.7. The minimum Gasteiger partial charge on any atom is -0.481 e. The van der Waals surface area contributed by atoms with Gasteiger partial charge < -0.3 is 60.4 Å². The number of carbonyl (C=O) groups is 5. The molecule has 84 heavy (non-hydrogen) atoms. The van der Waals surface area contributed by atoms with E-state index >= 15 is 0 Å². The molecule has 0 saturated carbocycles. The highest BCUT2D eigenvalue weighted by Gasteiger charge is 2.44. The van der Waals surface area contributed by atoms with Gasteiger partial charge in [0.15, 0.2) is 0 Å². The number of urea groups is 1. The molecule has 0 bridgehead atoms. The zero-order chi connectivity index (χ0) is 61.0. The second-order valence-corrected chi connectivity index (χ2v) is 23.6. The summed E-state index contributed by atoms with van der Waals surface area (Å²) < 4.78 is 57.6. The van der Waals surface area contributed by atoms with Gasteiger partial charge >= 0.3 is 23.9 Å². The largest absolute Gasteiger partial charge is 0.481 e. The van der Waals surface area contributed by atoms with Gasteiger partial charge in [0.05, 0.1) is 32.1 Å². The summed E-state index contributed by atoms with van der Waals surface area (Å²) in [6.07, 6.45) is 10.6. The number of benzene rings is 3. The summed E-state index contributed by atoms with van der Waals surface area (Å²) in [5.74, 6) is -3.28. The second kappa shape index (κ2) is 31.1. The van der Waals surface area contributed by atoms with E-state index < -0.39 is 58.0 Å². The molecular formula is C62H83N6O15S+. The summed E-state index contributed by atoms with van der Waals surface area (Å²) in [5, 5.41) is 40.1. The number of epoxide rings is 1. The quantitative estimate of drug-likeness (QED) is 0.00935. The summed E-state index contributed by atoms with van der Waals surface area (Å²) >= 11 is 0. The number of nitrogens with zero attached hydrogens (tertiary/aromatic N) is 1. The first kappa shape index (κ1) is 66.0. The predicted molar refractivity (Wildman–Crippen MR) is 317 cm³/mol. The van der Waals surface area contributed by atoms with E-state index in [1.54, 1.807) is 0 Å². The summed E-state index contributed by atoms with van der Waals surface area (Å²) in [7, 11) is -4.19. The third kappa shape index (κ3) is 19.4. The van der Waals surface area contributed by atoms with Gasteiger partial charge in [0.1, 0.15) is 48.2 Å². The second-order valence-electron chi connectivity index (χ2n) is 22.0. The lowest BCUT2D eigenvalue weighted by Crippen LogP contribution is -2.77. The highest BCUT2D eigenvalue weighted by atomic mass is 32.2. The van der Waals surface area contributed by atoms with Gasteiger partial charge in [0.2, 0.25) is 5.91 Å². The van der Waals surface area contributed by atoms with Crippen LogP contribution >= 0.6 is 0 Å². The van der Waals surface area contributed by atoms with Crippen molar-refractivity contribution < 1.29 is 76.5 Å². The van der Waals surface area contributed by atoms with Crippen LogP contribution < -0.4 is 36.2 Å². The van der Waals surface area contributed by atoms with E-state index in [-0.39, 0.29) is 75.0 Å². The lowest BCUT2D eigenvalue weighted by atomic mass is 9.77. The first-order valence-corrected chi connectivity index (χ1v) is 30.2. The molecule has 3 aromatic rings. The summed E-state index contributed by atoms with van der Waals surface area (Å²) in [6, 6.07) is 20.6. The van der Waals surface area contributed by atoms with Gasteiger partial charge in [0, 0.05) is 53.8 Å². The maximum atomic E-state index is 12.3. The fourth-order valence-corrected chi connectivity index (χ4v) is 10.8. The number of amides is 3. The van der Waals surface area contributed by atoms with Crippen molar-refractivity contribution in [3.05, 3.63) is 149 Å². The highest BCUT2D eigenvalue weighted by molar-refractivity contribution is 7.85. The van der Waals surface area contributed by atoms with Crippen molar-refractivity contribution in [3.63, 3.8) is 0 Å². The normalized spacial score (nSPS) is 18.3. The molecule has 2 heterocycles. The molecule has 1 saturated heterocycles. The number of unbranched alkanes of at least 4 members (excludes halogenated alkanes) is 1. The Morgan fingerprint density at radius 1 is 0.881 bits per heavy atom. The Balaban J connectivity index is 1.01. The molecule has 3 amide bonds. The topological polar surface area (TPSA) is 309 Å². The number of aliphatic carboxylic acids is 3. The molecular weight excluding hydrogens is 1100 g/mol. The average Bonchev–Trinajstić information content (AvgIpc) is 4.20. The molecule has 1 aliphatic carbocycles. The third-order valence-corrected chi connectivity index (χ3v) is 15.8. The van der Waals surface area contributed by atoms with Crippen LogP contribution in [0, 0.1) is 0 Å². The SMILES string of the molecule is C=C(/C=C/C1=C(Oc2ccccc2)C(=C/C=C2/N(CCCS(=O)(=O)O)c3ccc(C4OC4NCCOCCOCC(=O)NCCCC[C@H](NC(=O)NC(CCC(=O)O)C(=O)O)C(=O)O)cc3C2(C)C)/CCC1)C(C)(C)c1ccccc1[NH2+]CC. The van der Waals surface area contributed by atoms with Crippen LogP contribution in [0.5, 0.6) is 5.75 Å². The van der Waals surface area contributed by atoms with E-state index in [9.17, 15) is 47.2 Å². The highest BCUT2D eigenvalue weighted by Crippen LogP contribution is 2.50. The molecule has 3 aliphatic rings. The number of carbonyl (C=O) groups excluding carboxylic acids is 2. The van der Waals surface area contributed by atoms with E-state index in [0.717, 1.165) is 76.5 Å². The van der Waals surface area contributed by atoms with Gasteiger partial charge in [-0.3, -0.25) is 19.5 Å². The van der Waals surface area contributed by atoms with Crippen LogP contribution in [-0.4, -0.2) is 135 Å². The Morgan fingerprint density at radius 2 is 1.58 bits per heavy atom. The number of carboxylic acids is 3. The van der Waals surface area contributed by atoms with Crippen molar-refractivity contribution in [1.82, 2.24) is 21.3 Å². The van der Waals surface area contributed by atoms with E-state index in [1.807, 2.05) is 36.4 Å². The Labute approximate surface area is 492 Å². The average molecular weight is 1180 g/mol. The third-order valence-electron chi connectivity index (χ3n) is 15.0. The van der Waals surface area contributed by atoms with Crippen LogP contribution in [0.1, 0.15) is 115 Å². The number of hydrogen-bond donors (Lipinski definition) is 9. The fraction of sp³-hybridized carbons (Fsp3) is 0.468. The first-order valence-electron chi connectivity index (χ1n) is 28.6. The number of quaternary nitrogens is 1. The van der Waals surface area contributed by atoms with Crippen LogP contribution in [0.3, 0.4) is 0 Å². The fourth-order valence-electron chi connectivity index (χ4n) is 10.3. The Morgan fingerprint density at radius 3 is 2.29 bits per heavy atom. The van der Waals surface area contributed by atoms with Crippen LogP contribution in [0.15, 0.2) is 132 Å². The van der Waals surface area contributed by atoms with Crippen molar-refractivity contribution in [2.45, 2.75) is 128 Å². The first-order chi connectivity index (χ1) is 40.0. The molecule has 456 valence electrons. The molecule has 3 unspecified atom stereocenters. The smallest absolute Gasteiger partial charge is 0.326 e. The molecule has 2 aliphatic heterocycles. The number of rotatable bonds is 35. The maximum Gasteiger partial charge on any atom is 0.326 e. The summed E-state index contributed by atoms with van der Waals surface area (Å²) in [5.41, 5.74) is 8.59. The number of ether oxygens (including phenoxy) is 4. The molecule has 22 heteroatoms. The number of fused-ring (bicyclic) bond motifs is 1. The van der Waals surface area contributed by atoms with Crippen LogP contribution in [0.2, 0.25) is 0 Å². The van der Waals surface area contributed by atoms with Crippen LogP contribution in [0.25, 0.3) is 0 Å². The van der Waals surface area contributed by atoms with Crippen molar-refractivity contribution in [2.75, 3.05) is 63.3 Å². The Bertz CT molecular complexity index is 3050. The number of anilines is 1. The molecule has 1 fully saturated rings. The standard InChI is InChI=1S/C62H82N6O15S/c1-7-63-48-22-12-11-21-46(48)61(3,4)41(2)24-25-42-17-15-18-43(55(42)82-45-19-9-8-10-20-45)27-30-52-62(5,6)47-39-44(26-29-51(47)68(52)34-16-38-84(77,78)79)56-57(83-56)65-33-35-80-36-37-81-40-53(69)64-32-14-13-23-49(58(72)73)66-60(76)67-50(59(74)75)28-31-54(70)71/h8-12,19-22,24-27,29-30,39,49-50,56-57,63,65H,2,7,13-18,23,28,31-38,40H2,1,3-6H3,(H,64,69)(H,70,71)(H,72,73)(H,74,75)(H2,66,67,76)(H,77,78,79)/p+1/b25-24+,43-27+,52-30+/t49-,50?,56?,57?/m0/s1. The molecule has 6 rings (SSSR count). The number of nitrogens with one attached hydrogen (secondary N) is 4. The number of para-hydroxylation sites is 2. The van der Waals surface area contributed by atoms with Crippen LogP contribution in [-0.2, 0) is 54.3 Å². The Kier molecular flexibility index (Phi) is 24.4. The van der Waals surface area contributed by atoms with Crippen molar-refractivity contribution in [2.24, 2.45) is 0 Å². The van der Waals surface area contributed by atoms with Crippen molar-refractivity contribution >= 4 is 51.3 Å². The molecule has 4 atom stereocenters. The van der Waals surface area contributed by atoms with Gasteiger partial charge in [-0.25, -0.2) is 14.4 Å². The van der Waals surface area contributed by atoms with E-state index in [1.165, 1.54) is 11.3 Å². The number of allylic oxidation sites excluding steroid dienone is 8. The minimum absolute atomic E-state index is 0.00369. The zero-order valence-corrected chi connectivity index (χ0v) is 49.5. The van der Waals surface area contributed by atoms with Crippen molar-refractivity contribution in [1.29, 1.82) is 0 Å². The molecule has 21 nitrogen and oxygen atoms in total. The maximum absolute atomic E-state index is 12.3. The van der Waals surface area contributed by atoms with Gasteiger partial charge in [0.25, 0.3) is 10.1 Å². The lowest BCUT2D eigenvalue weighted by Gasteiger charge is -2.28. The van der Waals surface area contributed by atoms with Gasteiger partial charge in [-0.15, -0.1) is 0 Å². The number of nitrogens with two attached hydrogens (primary N) is 1. The molecule has 0 aromatic heterocycles. The molecule has 10 N–H and O–H groups in total. The predicted octanol–water partition coefficient (Wildman–Crippen LogP) is 7.07. The minimum atomic E-state index is -4.19.